The van der Waals surface area contributed by atoms with Crippen LogP contribution in [-0.2, 0) is 0 Å². The van der Waals surface area contributed by atoms with Crippen molar-refractivity contribution in [3.63, 3.8) is 0 Å². The van der Waals surface area contributed by atoms with Crippen LogP contribution in [0.15, 0.2) is 4.99 Å². The number of amides is 1. The summed E-state index contributed by atoms with van der Waals surface area (Å²) in [7, 11) is 0. The van der Waals surface area contributed by atoms with Gasteiger partial charge in [0.15, 0.2) is 5.17 Å². The van der Waals surface area contributed by atoms with Gasteiger partial charge in [-0.25, -0.2) is 4.79 Å². The first-order chi connectivity index (χ1) is 6.11. The minimum absolute atomic E-state index is 0.0564. The van der Waals surface area contributed by atoms with Gasteiger partial charge >= 0.3 is 6.09 Å². The van der Waals surface area contributed by atoms with E-state index in [4.69, 9.17) is 10.8 Å². The van der Waals surface area contributed by atoms with E-state index in [-0.39, 0.29) is 12.1 Å². The summed E-state index contributed by atoms with van der Waals surface area (Å²) in [6.45, 7) is 0. The molecule has 0 aromatic rings. The van der Waals surface area contributed by atoms with Gasteiger partial charge in [0.25, 0.3) is 0 Å². The highest BCUT2D eigenvalue weighted by Crippen LogP contribution is 2.23. The van der Waals surface area contributed by atoms with Crippen LogP contribution in [0.1, 0.15) is 12.8 Å². The first-order valence-corrected chi connectivity index (χ1v) is 5.21. The molecule has 4 N–H and O–H groups in total. The topological polar surface area (TPSA) is 87.7 Å². The Kier molecular flexibility index (Phi) is 3.41. The van der Waals surface area contributed by atoms with E-state index < -0.39 is 6.09 Å². The number of nitrogens with one attached hydrogen (secondary N) is 1. The number of rotatable bonds is 2. The Balaban J connectivity index is 2.22. The number of aliphatic imine (C=N–C) groups is 1. The Morgan fingerprint density at radius 2 is 2.31 bits per heavy atom. The maximum absolute atomic E-state index is 10.2. The minimum Gasteiger partial charge on any atom is -0.465 e. The third-order valence-electron chi connectivity index (χ3n) is 1.96. The zero-order valence-electron chi connectivity index (χ0n) is 7.36. The second-order valence-electron chi connectivity index (χ2n) is 2.94. The first kappa shape index (κ1) is 10.2. The molecule has 6 heteroatoms. The van der Waals surface area contributed by atoms with E-state index in [1.54, 1.807) is 0 Å². The Morgan fingerprint density at radius 3 is 2.77 bits per heavy atom. The van der Waals surface area contributed by atoms with E-state index in [9.17, 15) is 4.79 Å². The quantitative estimate of drug-likeness (QED) is 0.449. The number of hydrogen-bond donors (Lipinski definition) is 3. The van der Waals surface area contributed by atoms with Crippen LogP contribution in [0.25, 0.3) is 0 Å². The third kappa shape index (κ3) is 3.14. The molecule has 0 aliphatic heterocycles. The molecule has 5 nitrogen and oxygen atoms in total. The summed E-state index contributed by atoms with van der Waals surface area (Å²) in [6.07, 6.45) is 2.41. The van der Waals surface area contributed by atoms with Crippen LogP contribution in [0.3, 0.4) is 0 Å². The molecule has 0 spiro atoms. The number of carbonyl (C=O) groups is 1. The standard InChI is InChI=1S/C7H13N3O2S/c1-13-6(8)9-4-2-5(3-4)10-7(11)12/h4-5,10H,2-3H2,1H3,(H2,8,9)(H,11,12). The van der Waals surface area contributed by atoms with Crippen LogP contribution in [-0.4, -0.2) is 34.7 Å². The van der Waals surface area contributed by atoms with Gasteiger partial charge in [-0.2, -0.15) is 0 Å². The van der Waals surface area contributed by atoms with Gasteiger partial charge in [-0.1, -0.05) is 11.8 Å². The summed E-state index contributed by atoms with van der Waals surface area (Å²) in [5, 5.41) is 11.4. The maximum atomic E-state index is 10.2. The van der Waals surface area contributed by atoms with Crippen LogP contribution in [0.2, 0.25) is 0 Å². The summed E-state index contributed by atoms with van der Waals surface area (Å²) >= 11 is 1.41. The van der Waals surface area contributed by atoms with Gasteiger partial charge in [0.2, 0.25) is 0 Å². The van der Waals surface area contributed by atoms with E-state index in [1.165, 1.54) is 11.8 Å². The van der Waals surface area contributed by atoms with Crippen molar-refractivity contribution in [2.45, 2.75) is 24.9 Å². The molecule has 0 atom stereocenters. The molecule has 0 unspecified atom stereocenters. The van der Waals surface area contributed by atoms with Gasteiger partial charge in [0.1, 0.15) is 0 Å². The fourth-order valence-electron chi connectivity index (χ4n) is 1.22. The predicted octanol–water partition coefficient (Wildman–Crippen LogP) is 0.463. The molecular formula is C7H13N3O2S. The van der Waals surface area contributed by atoms with Crippen molar-refractivity contribution < 1.29 is 9.90 Å². The second kappa shape index (κ2) is 4.36. The summed E-state index contributed by atoms with van der Waals surface area (Å²) < 4.78 is 0. The SMILES string of the molecule is CSC(N)=NC1CC(NC(=O)O)C1. The van der Waals surface area contributed by atoms with Crippen molar-refractivity contribution in [3.05, 3.63) is 0 Å². The number of hydrogen-bond acceptors (Lipinski definition) is 3. The smallest absolute Gasteiger partial charge is 0.404 e. The molecule has 0 aromatic heterocycles. The Labute approximate surface area is 80.8 Å². The van der Waals surface area contributed by atoms with E-state index >= 15 is 0 Å². The molecule has 0 aromatic carbocycles. The minimum atomic E-state index is -0.967. The van der Waals surface area contributed by atoms with Crippen molar-refractivity contribution in [3.8, 4) is 0 Å². The Hall–Kier alpha value is -0.910. The highest BCUT2D eigenvalue weighted by atomic mass is 32.2. The van der Waals surface area contributed by atoms with Gasteiger partial charge in [0.05, 0.1) is 6.04 Å². The zero-order valence-corrected chi connectivity index (χ0v) is 8.17. The van der Waals surface area contributed by atoms with Gasteiger partial charge in [0, 0.05) is 6.04 Å². The lowest BCUT2D eigenvalue weighted by Gasteiger charge is -2.32. The first-order valence-electron chi connectivity index (χ1n) is 3.98. The zero-order chi connectivity index (χ0) is 9.84. The highest BCUT2D eigenvalue weighted by Gasteiger charge is 2.29. The number of nitrogens with zero attached hydrogens (tertiary/aromatic N) is 1. The number of thioether (sulfide) groups is 1. The summed E-state index contributed by atoms with van der Waals surface area (Å²) in [5.74, 6) is 0. The van der Waals surface area contributed by atoms with Gasteiger partial charge < -0.3 is 16.2 Å². The molecule has 1 amide bonds. The van der Waals surface area contributed by atoms with Crippen molar-refractivity contribution in [2.75, 3.05) is 6.26 Å². The molecule has 1 fully saturated rings. The van der Waals surface area contributed by atoms with Crippen LogP contribution in [0, 0.1) is 0 Å². The lowest BCUT2D eigenvalue weighted by molar-refractivity contribution is 0.178. The summed E-state index contributed by atoms with van der Waals surface area (Å²) in [4.78, 5) is 14.4. The van der Waals surface area contributed by atoms with Crippen molar-refractivity contribution in [1.82, 2.24) is 5.32 Å². The van der Waals surface area contributed by atoms with Crippen LogP contribution < -0.4 is 11.1 Å². The molecule has 1 rings (SSSR count). The normalized spacial score (nSPS) is 27.9. The monoisotopic (exact) mass is 203 g/mol. The van der Waals surface area contributed by atoms with E-state index in [0.29, 0.717) is 5.17 Å². The molecule has 1 aliphatic rings. The molecular weight excluding hydrogens is 190 g/mol. The highest BCUT2D eigenvalue weighted by molar-refractivity contribution is 8.13. The van der Waals surface area contributed by atoms with E-state index in [2.05, 4.69) is 10.3 Å². The van der Waals surface area contributed by atoms with Crippen molar-refractivity contribution in [1.29, 1.82) is 0 Å². The molecule has 74 valence electrons. The molecule has 0 radical (unpaired) electrons. The van der Waals surface area contributed by atoms with Gasteiger partial charge in [-0.15, -0.1) is 0 Å². The molecule has 1 aliphatic carbocycles. The van der Waals surface area contributed by atoms with Crippen LogP contribution in [0.4, 0.5) is 4.79 Å². The predicted molar refractivity (Wildman–Crippen MR) is 53.1 cm³/mol. The fraction of sp³-hybridized carbons (Fsp3) is 0.714. The average molecular weight is 203 g/mol. The maximum Gasteiger partial charge on any atom is 0.404 e. The summed E-state index contributed by atoms with van der Waals surface area (Å²) in [5.41, 5.74) is 5.51. The van der Waals surface area contributed by atoms with E-state index in [1.807, 2.05) is 6.26 Å². The number of nitrogens with two attached hydrogens (primary N) is 1. The number of amidine groups is 1. The number of carboxylic acid groups (broad SMARTS) is 1. The van der Waals surface area contributed by atoms with Crippen molar-refractivity contribution in [2.24, 2.45) is 10.7 Å². The van der Waals surface area contributed by atoms with Gasteiger partial charge in [-0.3, -0.25) is 4.99 Å². The summed E-state index contributed by atoms with van der Waals surface area (Å²) in [6, 6.07) is 0.255. The molecule has 0 heterocycles. The Bertz CT molecular complexity index is 226. The lowest BCUT2D eigenvalue weighted by Crippen LogP contribution is -2.46. The molecule has 0 bridgehead atoms. The van der Waals surface area contributed by atoms with E-state index in [0.717, 1.165) is 12.8 Å². The lowest BCUT2D eigenvalue weighted by atomic mass is 9.87. The molecule has 0 saturated heterocycles. The van der Waals surface area contributed by atoms with Gasteiger partial charge in [-0.05, 0) is 19.1 Å². The second-order valence-corrected chi connectivity index (χ2v) is 3.77. The Morgan fingerprint density at radius 1 is 1.69 bits per heavy atom. The molecule has 1 saturated carbocycles. The average Bonchev–Trinajstić information content (AvgIpc) is 1.99. The molecule has 13 heavy (non-hydrogen) atoms. The third-order valence-corrected chi connectivity index (χ3v) is 2.48. The van der Waals surface area contributed by atoms with Crippen LogP contribution >= 0.6 is 11.8 Å². The van der Waals surface area contributed by atoms with Crippen molar-refractivity contribution >= 4 is 23.0 Å². The van der Waals surface area contributed by atoms with Crippen LogP contribution in [0.5, 0.6) is 0 Å². The fourth-order valence-corrected chi connectivity index (χ4v) is 1.47. The largest absolute Gasteiger partial charge is 0.465 e.